The highest BCUT2D eigenvalue weighted by Gasteiger charge is 2.29. The van der Waals surface area contributed by atoms with E-state index in [0.717, 1.165) is 30.7 Å². The van der Waals surface area contributed by atoms with Crippen molar-refractivity contribution in [3.8, 4) is 0 Å². The molecule has 0 saturated carbocycles. The third kappa shape index (κ3) is 8.42. The van der Waals surface area contributed by atoms with Gasteiger partial charge in [0.1, 0.15) is 0 Å². The van der Waals surface area contributed by atoms with E-state index in [1.165, 1.54) is 0 Å². The molecule has 0 aromatic rings. The molecule has 21 heavy (non-hydrogen) atoms. The second-order valence-electron chi connectivity index (χ2n) is 9.15. The first-order valence-corrected chi connectivity index (χ1v) is 7.96. The van der Waals surface area contributed by atoms with Gasteiger partial charge < -0.3 is 9.38 Å². The lowest BCUT2D eigenvalue weighted by Gasteiger charge is -2.36. The van der Waals surface area contributed by atoms with Crippen molar-refractivity contribution in [2.24, 2.45) is 5.41 Å². The fraction of sp³-hybridized carbons (Fsp3) is 0.941. The number of quaternary nitrogens is 1. The molecule has 0 aromatic carbocycles. The van der Waals surface area contributed by atoms with Gasteiger partial charge in [0, 0.05) is 24.0 Å². The zero-order valence-corrected chi connectivity index (χ0v) is 16.1. The van der Waals surface area contributed by atoms with Crippen molar-refractivity contribution >= 4 is 5.91 Å². The molecule has 0 bridgehead atoms. The molecule has 4 nitrogen and oxygen atoms in total. The number of hydrogen-bond acceptors (Lipinski definition) is 2. The van der Waals surface area contributed by atoms with E-state index < -0.39 is 0 Å². The summed E-state index contributed by atoms with van der Waals surface area (Å²) in [4.78, 5) is 17.0. The van der Waals surface area contributed by atoms with Crippen LogP contribution >= 0.6 is 0 Å². The number of rotatable bonds is 6. The Morgan fingerprint density at radius 2 is 1.38 bits per heavy atom. The summed E-state index contributed by atoms with van der Waals surface area (Å²) in [5.41, 5.74) is -0.179. The van der Waals surface area contributed by atoms with E-state index >= 15 is 0 Å². The molecule has 4 heteroatoms. The summed E-state index contributed by atoms with van der Waals surface area (Å²) in [6.07, 6.45) is 0. The molecule has 126 valence electrons. The van der Waals surface area contributed by atoms with Gasteiger partial charge in [-0.25, -0.2) is 0 Å². The van der Waals surface area contributed by atoms with Crippen molar-refractivity contribution in [3.63, 3.8) is 0 Å². The fourth-order valence-electron chi connectivity index (χ4n) is 1.82. The second-order valence-corrected chi connectivity index (χ2v) is 9.15. The van der Waals surface area contributed by atoms with Crippen molar-refractivity contribution in [2.45, 2.75) is 47.1 Å². The average Bonchev–Trinajstić information content (AvgIpc) is 2.23. The fourth-order valence-corrected chi connectivity index (χ4v) is 1.82. The molecule has 0 rings (SSSR count). The number of nitrogens with zero attached hydrogens (tertiary/aromatic N) is 3. The zero-order valence-electron chi connectivity index (χ0n) is 16.1. The van der Waals surface area contributed by atoms with Crippen molar-refractivity contribution in [1.29, 1.82) is 0 Å². The van der Waals surface area contributed by atoms with Crippen molar-refractivity contribution in [1.82, 2.24) is 9.80 Å². The minimum absolute atomic E-state index is 0.135. The normalized spacial score (nSPS) is 13.7. The van der Waals surface area contributed by atoms with Crippen LogP contribution in [0.2, 0.25) is 0 Å². The Hall–Kier alpha value is -0.610. The Bertz CT molecular complexity index is 331. The molecule has 0 aromatic heterocycles. The van der Waals surface area contributed by atoms with Crippen LogP contribution in [0.5, 0.6) is 0 Å². The highest BCUT2D eigenvalue weighted by atomic mass is 16.2. The molecule has 0 fully saturated rings. The molecular formula is C17H38N3O+. The van der Waals surface area contributed by atoms with Gasteiger partial charge in [0.15, 0.2) is 0 Å². The molecule has 0 heterocycles. The predicted molar refractivity (Wildman–Crippen MR) is 91.3 cm³/mol. The Morgan fingerprint density at radius 3 is 1.71 bits per heavy atom. The lowest BCUT2D eigenvalue weighted by atomic mass is 9.94. The molecular weight excluding hydrogens is 262 g/mol. The van der Waals surface area contributed by atoms with Gasteiger partial charge in [0.05, 0.1) is 34.2 Å². The Balaban J connectivity index is 4.79. The summed E-state index contributed by atoms with van der Waals surface area (Å²) in [5, 5.41) is 0. The second kappa shape index (κ2) is 7.10. The van der Waals surface area contributed by atoms with Gasteiger partial charge >= 0.3 is 0 Å². The molecule has 0 aliphatic heterocycles. The van der Waals surface area contributed by atoms with E-state index in [1.807, 2.05) is 25.7 Å². The SMILES string of the molecule is CN(CCN(CC[N+](C)(C)C)C(=O)C(C)(C)C)C(C)(C)C. The monoisotopic (exact) mass is 300 g/mol. The summed E-state index contributed by atoms with van der Waals surface area (Å²) >= 11 is 0. The van der Waals surface area contributed by atoms with Gasteiger partial charge in [0.2, 0.25) is 5.91 Å². The summed E-state index contributed by atoms with van der Waals surface area (Å²) in [7, 11) is 8.63. The van der Waals surface area contributed by atoms with Crippen LogP contribution in [-0.2, 0) is 4.79 Å². The molecule has 0 spiro atoms. The van der Waals surface area contributed by atoms with Gasteiger partial charge in [-0.3, -0.25) is 9.69 Å². The first kappa shape index (κ1) is 20.4. The number of hydrogen-bond donors (Lipinski definition) is 0. The molecule has 0 aliphatic carbocycles. The van der Waals surface area contributed by atoms with Crippen LogP contribution in [0, 0.1) is 5.41 Å². The van der Waals surface area contributed by atoms with E-state index in [1.54, 1.807) is 0 Å². The molecule has 0 radical (unpaired) electrons. The van der Waals surface area contributed by atoms with E-state index in [0.29, 0.717) is 0 Å². The number of likely N-dealkylation sites (N-methyl/N-ethyl adjacent to an activating group) is 2. The third-order valence-electron chi connectivity index (χ3n) is 3.82. The Labute approximate surface area is 132 Å². The summed E-state index contributed by atoms with van der Waals surface area (Å²) in [5.74, 6) is 0.248. The van der Waals surface area contributed by atoms with Crippen molar-refractivity contribution < 1.29 is 9.28 Å². The standard InChI is InChI=1S/C17H38N3O/c1-16(2,3)15(21)19(13-14-20(8,9)10)12-11-18(7)17(4,5)6/h11-14H2,1-10H3/q+1. The van der Waals surface area contributed by atoms with Crippen LogP contribution in [0.1, 0.15) is 41.5 Å². The van der Waals surface area contributed by atoms with Crippen molar-refractivity contribution in [3.05, 3.63) is 0 Å². The first-order chi connectivity index (χ1) is 9.14. The molecule has 0 aliphatic rings. The molecule has 0 unspecified atom stereocenters. The third-order valence-corrected chi connectivity index (χ3v) is 3.82. The van der Waals surface area contributed by atoms with Gasteiger partial charge in [-0.2, -0.15) is 0 Å². The van der Waals surface area contributed by atoms with Crippen LogP contribution in [0.4, 0.5) is 0 Å². The highest BCUT2D eigenvalue weighted by Crippen LogP contribution is 2.18. The van der Waals surface area contributed by atoms with Crippen LogP contribution in [0.3, 0.4) is 0 Å². The van der Waals surface area contributed by atoms with Crippen LogP contribution in [0.15, 0.2) is 0 Å². The summed E-state index contributed by atoms with van der Waals surface area (Å²) in [6.45, 7) is 16.1. The van der Waals surface area contributed by atoms with Gasteiger partial charge in [-0.15, -0.1) is 0 Å². The number of carbonyl (C=O) groups is 1. The number of carbonyl (C=O) groups excluding carboxylic acids is 1. The van der Waals surface area contributed by atoms with Crippen LogP contribution in [-0.4, -0.2) is 80.1 Å². The first-order valence-electron chi connectivity index (χ1n) is 7.96. The van der Waals surface area contributed by atoms with Crippen LogP contribution < -0.4 is 0 Å². The van der Waals surface area contributed by atoms with Gasteiger partial charge in [-0.1, -0.05) is 20.8 Å². The molecule has 0 N–H and O–H groups in total. The number of amides is 1. The van der Waals surface area contributed by atoms with E-state index in [4.69, 9.17) is 0 Å². The summed E-state index contributed by atoms with van der Waals surface area (Å²) in [6, 6.07) is 0. The quantitative estimate of drug-likeness (QED) is 0.703. The lowest BCUT2D eigenvalue weighted by molar-refractivity contribution is -0.869. The zero-order chi connectivity index (χ0) is 17.1. The predicted octanol–water partition coefficient (Wildman–Crippen LogP) is 2.30. The average molecular weight is 301 g/mol. The maximum absolute atomic E-state index is 12.6. The lowest BCUT2D eigenvalue weighted by Crippen LogP contribution is -2.50. The van der Waals surface area contributed by atoms with E-state index in [-0.39, 0.29) is 16.9 Å². The van der Waals surface area contributed by atoms with Crippen molar-refractivity contribution in [2.75, 3.05) is 54.4 Å². The topological polar surface area (TPSA) is 23.6 Å². The molecule has 0 atom stereocenters. The van der Waals surface area contributed by atoms with E-state index in [2.05, 4.69) is 53.9 Å². The Morgan fingerprint density at radius 1 is 0.905 bits per heavy atom. The smallest absolute Gasteiger partial charge is 0.228 e. The highest BCUT2D eigenvalue weighted by molar-refractivity contribution is 5.81. The molecule has 0 saturated heterocycles. The Kier molecular flexibility index (Phi) is 6.89. The maximum atomic E-state index is 12.6. The van der Waals surface area contributed by atoms with E-state index in [9.17, 15) is 4.79 Å². The summed E-state index contributed by atoms with van der Waals surface area (Å²) < 4.78 is 0.878. The largest absolute Gasteiger partial charge is 0.335 e. The molecule has 1 amide bonds. The van der Waals surface area contributed by atoms with Crippen LogP contribution in [0.25, 0.3) is 0 Å². The minimum atomic E-state index is -0.314. The minimum Gasteiger partial charge on any atom is -0.335 e. The van der Waals surface area contributed by atoms with Gasteiger partial charge in [0.25, 0.3) is 0 Å². The maximum Gasteiger partial charge on any atom is 0.228 e. The van der Waals surface area contributed by atoms with Gasteiger partial charge in [-0.05, 0) is 27.8 Å².